The first-order valence-corrected chi connectivity index (χ1v) is 5.27. The Morgan fingerprint density at radius 3 is 1.89 bits per heavy atom. The number of rotatable bonds is 7. The van der Waals surface area contributed by atoms with Gasteiger partial charge in [-0.2, -0.15) is 30.7 Å². The molecule has 0 unspecified atom stereocenters. The zero-order valence-electron chi connectivity index (χ0n) is 9.59. The maximum absolute atomic E-state index is 12.7. The molecule has 0 N–H and O–H groups in total. The Hall–Kier alpha value is -0.790. The van der Waals surface area contributed by atoms with E-state index in [1.165, 1.54) is 0 Å². The Morgan fingerprint density at radius 1 is 0.889 bits per heavy atom. The van der Waals surface area contributed by atoms with E-state index < -0.39 is 30.5 Å². The summed E-state index contributed by atoms with van der Waals surface area (Å²) in [7, 11) is 0. The van der Waals surface area contributed by atoms with Crippen molar-refractivity contribution in [3.63, 3.8) is 0 Å². The molecule has 0 aliphatic heterocycles. The van der Waals surface area contributed by atoms with Gasteiger partial charge in [0.15, 0.2) is 0 Å². The smallest absolute Gasteiger partial charge is 0.315 e. The molecule has 0 amide bonds. The molecule has 18 heavy (non-hydrogen) atoms. The summed E-state index contributed by atoms with van der Waals surface area (Å²) in [5.41, 5.74) is 0. The van der Waals surface area contributed by atoms with Crippen LogP contribution in [0.3, 0.4) is 0 Å². The molecule has 0 aliphatic rings. The lowest BCUT2D eigenvalue weighted by atomic mass is 10.2. The topological polar surface area (TPSA) is 9.23 Å². The van der Waals surface area contributed by atoms with Crippen LogP contribution in [0, 0.1) is 0 Å². The highest BCUT2D eigenvalue weighted by molar-refractivity contribution is 5.10. The Bertz CT molecular complexity index is 282. The van der Waals surface area contributed by atoms with Crippen molar-refractivity contribution in [3.8, 4) is 0 Å². The molecule has 0 saturated carbocycles. The molecule has 0 aliphatic carbocycles. The van der Waals surface area contributed by atoms with Gasteiger partial charge in [-0.3, -0.25) is 0 Å². The fraction of sp³-hybridized carbons (Fsp3) is 0.800. The summed E-state index contributed by atoms with van der Waals surface area (Å²) in [5.74, 6) is -6.72. The van der Waals surface area contributed by atoms with E-state index in [-0.39, 0.29) is 6.42 Å². The Balaban J connectivity index is 4.44. The second-order valence-electron chi connectivity index (χ2n) is 3.55. The molecule has 1 nitrogen and oxygen atoms in total. The maximum Gasteiger partial charge on any atom is 0.445 e. The minimum Gasteiger partial charge on any atom is -0.315 e. The monoisotopic (exact) mass is 282 g/mol. The molecule has 108 valence electrons. The second kappa shape index (κ2) is 6.96. The van der Waals surface area contributed by atoms with E-state index in [0.717, 1.165) is 12.8 Å². The maximum atomic E-state index is 12.7. The van der Waals surface area contributed by atoms with Crippen LogP contribution < -0.4 is 0 Å². The van der Waals surface area contributed by atoms with Crippen molar-refractivity contribution in [1.29, 1.82) is 0 Å². The standard InChI is InChI=1S/C10H13F7O/c1-2-3-4-5-6-18-10(16,17)8(12)7(11)9(13,14)15/h2-6H2,1H3. The lowest BCUT2D eigenvalue weighted by molar-refractivity contribution is -0.226. The van der Waals surface area contributed by atoms with Crippen LogP contribution in [0.15, 0.2) is 11.7 Å². The van der Waals surface area contributed by atoms with Crippen LogP contribution in [0.2, 0.25) is 0 Å². The summed E-state index contributed by atoms with van der Waals surface area (Å²) in [5, 5.41) is 0. The number of alkyl halides is 5. The van der Waals surface area contributed by atoms with Crippen LogP contribution in [0.5, 0.6) is 0 Å². The molecule has 0 saturated heterocycles. The molecule has 0 atom stereocenters. The average Bonchev–Trinajstić information content (AvgIpc) is 2.25. The first-order chi connectivity index (χ1) is 8.13. The van der Waals surface area contributed by atoms with Gasteiger partial charge in [0.1, 0.15) is 0 Å². The minimum absolute atomic E-state index is 0.129. The van der Waals surface area contributed by atoms with E-state index in [1.807, 2.05) is 6.92 Å². The lowest BCUT2D eigenvalue weighted by Crippen LogP contribution is -2.26. The van der Waals surface area contributed by atoms with Gasteiger partial charge in [0, 0.05) is 0 Å². The minimum atomic E-state index is -5.79. The first-order valence-electron chi connectivity index (χ1n) is 5.27. The van der Waals surface area contributed by atoms with Crippen LogP contribution in [0.1, 0.15) is 32.6 Å². The summed E-state index contributed by atoms with van der Waals surface area (Å²) in [4.78, 5) is 0. The SMILES string of the molecule is CCCCCCOC(F)(F)C(F)=C(F)C(F)(F)F. The van der Waals surface area contributed by atoms with Crippen molar-refractivity contribution in [2.75, 3.05) is 6.61 Å². The zero-order valence-corrected chi connectivity index (χ0v) is 9.59. The summed E-state index contributed by atoms with van der Waals surface area (Å²) in [6.45, 7) is 1.21. The van der Waals surface area contributed by atoms with Crippen molar-refractivity contribution >= 4 is 0 Å². The quantitative estimate of drug-likeness (QED) is 0.477. The molecule has 8 heteroatoms. The second-order valence-corrected chi connectivity index (χ2v) is 3.55. The zero-order chi connectivity index (χ0) is 14.4. The molecule has 0 aromatic heterocycles. The third-order valence-electron chi connectivity index (χ3n) is 1.98. The highest BCUT2D eigenvalue weighted by Crippen LogP contribution is 2.37. The molecule has 0 spiro atoms. The van der Waals surface area contributed by atoms with Crippen LogP contribution in [0.4, 0.5) is 30.7 Å². The number of unbranched alkanes of at least 4 members (excludes halogenated alkanes) is 3. The van der Waals surface area contributed by atoms with Crippen LogP contribution in [-0.4, -0.2) is 18.9 Å². The highest BCUT2D eigenvalue weighted by Gasteiger charge is 2.48. The third kappa shape index (κ3) is 5.70. The van der Waals surface area contributed by atoms with Crippen molar-refractivity contribution in [2.24, 2.45) is 0 Å². The Labute approximate surface area is 99.6 Å². The van der Waals surface area contributed by atoms with Crippen molar-refractivity contribution < 1.29 is 35.5 Å². The van der Waals surface area contributed by atoms with Crippen LogP contribution in [-0.2, 0) is 4.74 Å². The van der Waals surface area contributed by atoms with E-state index in [9.17, 15) is 30.7 Å². The van der Waals surface area contributed by atoms with Crippen molar-refractivity contribution in [1.82, 2.24) is 0 Å². The van der Waals surface area contributed by atoms with E-state index in [0.29, 0.717) is 6.42 Å². The summed E-state index contributed by atoms with van der Waals surface area (Å²) in [6, 6.07) is 0. The predicted molar refractivity (Wildman–Crippen MR) is 50.3 cm³/mol. The van der Waals surface area contributed by atoms with E-state index in [1.54, 1.807) is 0 Å². The molecule has 0 heterocycles. The number of allylic oxidation sites excluding steroid dienone is 1. The Morgan fingerprint density at radius 2 is 1.44 bits per heavy atom. The highest BCUT2D eigenvalue weighted by atomic mass is 19.4. The molecule has 0 aromatic rings. The van der Waals surface area contributed by atoms with Gasteiger partial charge < -0.3 is 4.74 Å². The summed E-state index contributed by atoms with van der Waals surface area (Å²) >= 11 is 0. The van der Waals surface area contributed by atoms with Gasteiger partial charge in [0.05, 0.1) is 6.61 Å². The van der Waals surface area contributed by atoms with Gasteiger partial charge in [-0.25, -0.2) is 0 Å². The van der Waals surface area contributed by atoms with Gasteiger partial charge in [-0.1, -0.05) is 26.2 Å². The van der Waals surface area contributed by atoms with E-state index in [4.69, 9.17) is 0 Å². The summed E-state index contributed by atoms with van der Waals surface area (Å²) in [6.07, 6.45) is -8.51. The molecular weight excluding hydrogens is 269 g/mol. The molecule has 0 aromatic carbocycles. The van der Waals surface area contributed by atoms with Crippen LogP contribution >= 0.6 is 0 Å². The number of ether oxygens (including phenoxy) is 1. The predicted octanol–water partition coefficient (Wildman–Crippen LogP) is 4.89. The molecular formula is C10H13F7O. The lowest BCUT2D eigenvalue weighted by Gasteiger charge is -2.16. The van der Waals surface area contributed by atoms with Gasteiger partial charge in [-0.15, -0.1) is 0 Å². The van der Waals surface area contributed by atoms with Crippen molar-refractivity contribution in [3.05, 3.63) is 11.7 Å². The molecule has 0 fully saturated rings. The third-order valence-corrected chi connectivity index (χ3v) is 1.98. The van der Waals surface area contributed by atoms with Gasteiger partial charge in [-0.05, 0) is 6.42 Å². The summed E-state index contributed by atoms with van der Waals surface area (Å²) < 4.78 is 88.8. The van der Waals surface area contributed by atoms with Gasteiger partial charge >= 0.3 is 12.3 Å². The van der Waals surface area contributed by atoms with E-state index in [2.05, 4.69) is 4.74 Å². The number of hydrogen-bond donors (Lipinski definition) is 0. The molecule has 0 bridgehead atoms. The Kier molecular flexibility index (Phi) is 6.66. The largest absolute Gasteiger partial charge is 0.445 e. The number of hydrogen-bond acceptors (Lipinski definition) is 1. The average molecular weight is 282 g/mol. The molecule has 0 radical (unpaired) electrons. The first kappa shape index (κ1) is 17.2. The van der Waals surface area contributed by atoms with Gasteiger partial charge in [0.25, 0.3) is 0 Å². The van der Waals surface area contributed by atoms with E-state index >= 15 is 0 Å². The molecule has 0 rings (SSSR count). The fourth-order valence-corrected chi connectivity index (χ4v) is 1.04. The van der Waals surface area contributed by atoms with Crippen molar-refractivity contribution in [2.45, 2.75) is 44.9 Å². The number of halogens is 7. The fourth-order valence-electron chi connectivity index (χ4n) is 1.04. The normalized spacial score (nSPS) is 14.7. The van der Waals surface area contributed by atoms with Gasteiger partial charge in [0.2, 0.25) is 11.7 Å². The van der Waals surface area contributed by atoms with Crippen LogP contribution in [0.25, 0.3) is 0 Å².